The Hall–Kier alpha value is -2.95. The van der Waals surface area contributed by atoms with Crippen molar-refractivity contribution >= 4 is 17.8 Å². The van der Waals surface area contributed by atoms with Crippen LogP contribution in [0.1, 0.15) is 20.8 Å². The average Bonchev–Trinajstić information content (AvgIpc) is 2.86. The molecule has 0 amide bonds. The molecule has 3 rings (SSSR count). The number of benzene rings is 1. The number of carboxylic acids is 1. The number of hydrogen-bond donors (Lipinski definition) is 1. The number of pyridine rings is 1. The van der Waals surface area contributed by atoms with Gasteiger partial charge in [-0.25, -0.2) is 9.78 Å². The zero-order chi connectivity index (χ0) is 14.1. The van der Waals surface area contributed by atoms with Crippen LogP contribution in [0.25, 0.3) is 16.9 Å². The maximum absolute atomic E-state index is 11.1. The molecule has 1 aromatic carbocycles. The van der Waals surface area contributed by atoms with Crippen molar-refractivity contribution < 1.29 is 14.7 Å². The molecule has 20 heavy (non-hydrogen) atoms. The Bertz CT molecular complexity index is 807. The van der Waals surface area contributed by atoms with E-state index in [0.717, 1.165) is 5.56 Å². The second-order valence-electron chi connectivity index (χ2n) is 4.28. The Morgan fingerprint density at radius 1 is 1.20 bits per heavy atom. The fourth-order valence-corrected chi connectivity index (χ4v) is 2.12. The lowest BCUT2D eigenvalue weighted by atomic mass is 10.2. The predicted octanol–water partition coefficient (Wildman–Crippen LogP) is 2.51. The van der Waals surface area contributed by atoms with Crippen molar-refractivity contribution in [3.8, 4) is 11.4 Å². The summed E-state index contributed by atoms with van der Waals surface area (Å²) in [4.78, 5) is 26.4. The summed E-state index contributed by atoms with van der Waals surface area (Å²) in [6.07, 6.45) is 2.24. The van der Waals surface area contributed by atoms with E-state index in [4.69, 9.17) is 5.11 Å². The molecule has 2 heterocycles. The van der Waals surface area contributed by atoms with E-state index in [2.05, 4.69) is 4.98 Å². The van der Waals surface area contributed by atoms with Crippen molar-refractivity contribution in [2.75, 3.05) is 0 Å². The first-order valence-corrected chi connectivity index (χ1v) is 5.96. The molecule has 0 aliphatic rings. The minimum Gasteiger partial charge on any atom is -0.478 e. The van der Waals surface area contributed by atoms with Gasteiger partial charge in [-0.2, -0.15) is 0 Å². The van der Waals surface area contributed by atoms with Crippen LogP contribution in [-0.4, -0.2) is 26.7 Å². The fraction of sp³-hybridized carbons (Fsp3) is 0. The van der Waals surface area contributed by atoms with E-state index in [1.165, 1.54) is 12.1 Å². The number of aldehydes is 1. The molecule has 0 aliphatic heterocycles. The second kappa shape index (κ2) is 4.62. The number of hydrogen-bond acceptors (Lipinski definition) is 3. The maximum Gasteiger partial charge on any atom is 0.335 e. The number of carboxylic acid groups (broad SMARTS) is 1. The Balaban J connectivity index is 2.30. The molecule has 0 radical (unpaired) electrons. The quantitative estimate of drug-likeness (QED) is 0.739. The summed E-state index contributed by atoms with van der Waals surface area (Å²) in [5, 5.41) is 9.01. The summed E-state index contributed by atoms with van der Waals surface area (Å²) in [7, 11) is 0. The van der Waals surface area contributed by atoms with Gasteiger partial charge in [0.15, 0.2) is 6.29 Å². The predicted molar refractivity (Wildman–Crippen MR) is 73.0 cm³/mol. The number of nitrogens with zero attached hydrogens (tertiary/aromatic N) is 2. The standard InChI is InChI=1S/C15H10N2O3/c18-9-12-13-8-11(15(19)20)6-7-17(13)14(16-12)10-4-2-1-3-5-10/h1-9H,(H,19,20). The van der Waals surface area contributed by atoms with Gasteiger partial charge in [-0.15, -0.1) is 0 Å². The Kier molecular flexibility index (Phi) is 2.80. The highest BCUT2D eigenvalue weighted by molar-refractivity contribution is 5.92. The largest absolute Gasteiger partial charge is 0.478 e. The van der Waals surface area contributed by atoms with Crippen LogP contribution in [0, 0.1) is 0 Å². The molecule has 1 N–H and O–H groups in total. The first-order valence-electron chi connectivity index (χ1n) is 5.96. The monoisotopic (exact) mass is 266 g/mol. The van der Waals surface area contributed by atoms with Crippen molar-refractivity contribution in [1.82, 2.24) is 9.38 Å². The van der Waals surface area contributed by atoms with E-state index in [9.17, 15) is 9.59 Å². The molecule has 5 nitrogen and oxygen atoms in total. The third kappa shape index (κ3) is 1.85. The Morgan fingerprint density at radius 2 is 1.95 bits per heavy atom. The molecule has 3 aromatic rings. The highest BCUT2D eigenvalue weighted by atomic mass is 16.4. The molecule has 0 aliphatic carbocycles. The minimum atomic E-state index is -1.04. The van der Waals surface area contributed by atoms with Gasteiger partial charge < -0.3 is 5.11 Å². The molecule has 0 unspecified atom stereocenters. The van der Waals surface area contributed by atoms with Crippen molar-refractivity contribution in [2.24, 2.45) is 0 Å². The number of carbonyl (C=O) groups excluding carboxylic acids is 1. The van der Waals surface area contributed by atoms with E-state index in [0.29, 0.717) is 17.6 Å². The molecule has 0 atom stereocenters. The van der Waals surface area contributed by atoms with E-state index in [-0.39, 0.29) is 11.3 Å². The van der Waals surface area contributed by atoms with Crippen LogP contribution in [0.15, 0.2) is 48.7 Å². The topological polar surface area (TPSA) is 71.7 Å². The number of rotatable bonds is 3. The molecule has 0 bridgehead atoms. The highest BCUT2D eigenvalue weighted by Crippen LogP contribution is 2.22. The second-order valence-corrected chi connectivity index (χ2v) is 4.28. The van der Waals surface area contributed by atoms with Crippen LogP contribution in [0.3, 0.4) is 0 Å². The summed E-state index contributed by atoms with van der Waals surface area (Å²) in [6, 6.07) is 12.3. The third-order valence-corrected chi connectivity index (χ3v) is 3.06. The minimum absolute atomic E-state index is 0.125. The zero-order valence-electron chi connectivity index (χ0n) is 10.4. The molecular weight excluding hydrogens is 256 g/mol. The van der Waals surface area contributed by atoms with Gasteiger partial charge >= 0.3 is 5.97 Å². The van der Waals surface area contributed by atoms with Gasteiger partial charge in [0.2, 0.25) is 0 Å². The van der Waals surface area contributed by atoms with Crippen LogP contribution < -0.4 is 0 Å². The third-order valence-electron chi connectivity index (χ3n) is 3.06. The van der Waals surface area contributed by atoms with Crippen molar-refractivity contribution in [3.05, 3.63) is 59.9 Å². The summed E-state index contributed by atoms with van der Waals surface area (Å²) in [6.45, 7) is 0. The summed E-state index contributed by atoms with van der Waals surface area (Å²) < 4.78 is 1.71. The van der Waals surface area contributed by atoms with Crippen molar-refractivity contribution in [2.45, 2.75) is 0 Å². The van der Waals surface area contributed by atoms with Crippen LogP contribution in [0.2, 0.25) is 0 Å². The molecule has 0 saturated heterocycles. The number of carbonyl (C=O) groups is 2. The average molecular weight is 266 g/mol. The lowest BCUT2D eigenvalue weighted by Gasteiger charge is -2.02. The maximum atomic E-state index is 11.1. The smallest absolute Gasteiger partial charge is 0.335 e. The summed E-state index contributed by atoms with van der Waals surface area (Å²) in [5.41, 5.74) is 1.70. The highest BCUT2D eigenvalue weighted by Gasteiger charge is 2.14. The van der Waals surface area contributed by atoms with Gasteiger partial charge in [-0.05, 0) is 12.1 Å². The van der Waals surface area contributed by atoms with Gasteiger partial charge in [0.05, 0.1) is 11.1 Å². The first kappa shape index (κ1) is 12.1. The Morgan fingerprint density at radius 3 is 2.60 bits per heavy atom. The summed E-state index contributed by atoms with van der Waals surface area (Å²) in [5.74, 6) is -0.425. The molecular formula is C15H10N2O3. The SMILES string of the molecule is O=Cc1nc(-c2ccccc2)n2ccc(C(=O)O)cc12. The van der Waals surface area contributed by atoms with Crippen molar-refractivity contribution in [1.29, 1.82) is 0 Å². The Labute approximate surface area is 114 Å². The van der Waals surface area contributed by atoms with Crippen LogP contribution in [0.4, 0.5) is 0 Å². The number of imidazole rings is 1. The number of fused-ring (bicyclic) bond motifs is 1. The number of aromatic carboxylic acids is 1. The molecule has 5 heteroatoms. The van der Waals surface area contributed by atoms with Crippen LogP contribution in [0.5, 0.6) is 0 Å². The van der Waals surface area contributed by atoms with Crippen molar-refractivity contribution in [3.63, 3.8) is 0 Å². The van der Waals surface area contributed by atoms with E-state index < -0.39 is 5.97 Å². The first-order chi connectivity index (χ1) is 9.70. The fourth-order valence-electron chi connectivity index (χ4n) is 2.12. The summed E-state index contributed by atoms with van der Waals surface area (Å²) >= 11 is 0. The molecule has 98 valence electrons. The lowest BCUT2D eigenvalue weighted by Crippen LogP contribution is -1.98. The van der Waals surface area contributed by atoms with Gasteiger partial charge in [0.25, 0.3) is 0 Å². The van der Waals surface area contributed by atoms with E-state index in [1.54, 1.807) is 10.6 Å². The molecule has 0 saturated carbocycles. The molecule has 0 spiro atoms. The van der Waals surface area contributed by atoms with Gasteiger partial charge in [-0.3, -0.25) is 9.20 Å². The van der Waals surface area contributed by atoms with Crippen LogP contribution >= 0.6 is 0 Å². The van der Waals surface area contributed by atoms with Gasteiger partial charge in [0, 0.05) is 11.8 Å². The number of aromatic nitrogens is 2. The molecule has 2 aromatic heterocycles. The zero-order valence-corrected chi connectivity index (χ0v) is 10.4. The van der Waals surface area contributed by atoms with Gasteiger partial charge in [-0.1, -0.05) is 30.3 Å². The lowest BCUT2D eigenvalue weighted by molar-refractivity contribution is 0.0696. The normalized spacial score (nSPS) is 10.6. The van der Waals surface area contributed by atoms with Crippen LogP contribution in [-0.2, 0) is 0 Å². The molecule has 0 fully saturated rings. The van der Waals surface area contributed by atoms with E-state index >= 15 is 0 Å². The van der Waals surface area contributed by atoms with E-state index in [1.807, 2.05) is 30.3 Å². The van der Waals surface area contributed by atoms with Gasteiger partial charge in [0.1, 0.15) is 11.5 Å².